The Kier molecular flexibility index (Phi) is 4.69. The predicted molar refractivity (Wildman–Crippen MR) is 75.1 cm³/mol. The zero-order chi connectivity index (χ0) is 13.5. The van der Waals surface area contributed by atoms with Gasteiger partial charge in [-0.15, -0.1) is 0 Å². The molecule has 19 heavy (non-hydrogen) atoms. The molecule has 3 N–H and O–H groups in total. The zero-order valence-electron chi connectivity index (χ0n) is 10.9. The molecule has 0 bridgehead atoms. The number of anilines is 1. The molecule has 0 amide bonds. The number of ether oxygens (including phenoxy) is 1. The molecule has 0 aliphatic carbocycles. The Morgan fingerprint density at radius 3 is 2.74 bits per heavy atom. The highest BCUT2D eigenvalue weighted by Gasteiger charge is 2.10. The predicted octanol–water partition coefficient (Wildman–Crippen LogP) is 1.99. The van der Waals surface area contributed by atoms with E-state index >= 15 is 0 Å². The smallest absolute Gasteiger partial charge is 0.226 e. The van der Waals surface area contributed by atoms with E-state index in [2.05, 4.69) is 15.3 Å². The Morgan fingerprint density at radius 1 is 1.26 bits per heavy atom. The van der Waals surface area contributed by atoms with Crippen LogP contribution < -0.4 is 15.8 Å². The summed E-state index contributed by atoms with van der Waals surface area (Å²) in [7, 11) is 0. The topological polar surface area (TPSA) is 73.1 Å². The van der Waals surface area contributed by atoms with Crippen molar-refractivity contribution in [3.63, 3.8) is 0 Å². The van der Waals surface area contributed by atoms with Gasteiger partial charge in [-0.05, 0) is 12.5 Å². The first-order chi connectivity index (χ1) is 9.33. The number of hydrogen-bond acceptors (Lipinski definition) is 5. The fourth-order valence-electron chi connectivity index (χ4n) is 1.76. The van der Waals surface area contributed by atoms with Crippen molar-refractivity contribution in [1.29, 1.82) is 0 Å². The average molecular weight is 258 g/mol. The van der Waals surface area contributed by atoms with Crippen LogP contribution in [-0.2, 0) is 0 Å². The molecule has 5 heteroatoms. The zero-order valence-corrected chi connectivity index (χ0v) is 10.9. The third-order valence-corrected chi connectivity index (χ3v) is 2.66. The van der Waals surface area contributed by atoms with E-state index in [1.165, 1.54) is 0 Å². The van der Waals surface area contributed by atoms with E-state index in [1.54, 1.807) is 12.3 Å². The number of benzene rings is 1. The van der Waals surface area contributed by atoms with Crippen molar-refractivity contribution in [3.8, 4) is 5.88 Å². The molecule has 0 spiro atoms. The number of nitrogens with zero attached hydrogens (tertiary/aromatic N) is 2. The summed E-state index contributed by atoms with van der Waals surface area (Å²) in [5.41, 5.74) is 6.91. The standard InChI is InChI=1S/C14H18N4O/c1-2-19-13-8-9-16-14(18-13)17-12(10-15)11-6-4-3-5-7-11/h3-9,12H,2,10,15H2,1H3,(H,16,17,18). The van der Waals surface area contributed by atoms with Crippen molar-refractivity contribution in [3.05, 3.63) is 48.2 Å². The van der Waals surface area contributed by atoms with Crippen molar-refractivity contribution in [2.24, 2.45) is 5.73 Å². The van der Waals surface area contributed by atoms with E-state index in [-0.39, 0.29) is 6.04 Å². The highest BCUT2D eigenvalue weighted by molar-refractivity contribution is 5.33. The number of nitrogens with one attached hydrogen (secondary N) is 1. The van der Waals surface area contributed by atoms with Crippen LogP contribution >= 0.6 is 0 Å². The van der Waals surface area contributed by atoms with Gasteiger partial charge >= 0.3 is 0 Å². The van der Waals surface area contributed by atoms with Crippen LogP contribution in [-0.4, -0.2) is 23.1 Å². The quantitative estimate of drug-likeness (QED) is 0.829. The molecular formula is C14H18N4O. The van der Waals surface area contributed by atoms with E-state index in [1.807, 2.05) is 37.3 Å². The molecule has 0 radical (unpaired) electrons. The normalized spacial score (nSPS) is 11.9. The molecule has 2 rings (SSSR count). The van der Waals surface area contributed by atoms with Gasteiger partial charge in [0.1, 0.15) is 0 Å². The van der Waals surface area contributed by atoms with Gasteiger partial charge in [-0.2, -0.15) is 4.98 Å². The molecule has 2 aromatic rings. The molecule has 1 aromatic carbocycles. The number of aromatic nitrogens is 2. The van der Waals surface area contributed by atoms with Crippen LogP contribution in [0.5, 0.6) is 5.88 Å². The monoisotopic (exact) mass is 258 g/mol. The summed E-state index contributed by atoms with van der Waals surface area (Å²) < 4.78 is 5.35. The number of nitrogens with two attached hydrogens (primary N) is 1. The minimum atomic E-state index is -0.0157. The molecule has 0 fully saturated rings. The largest absolute Gasteiger partial charge is 0.478 e. The van der Waals surface area contributed by atoms with Crippen molar-refractivity contribution < 1.29 is 4.74 Å². The average Bonchev–Trinajstić information content (AvgIpc) is 2.46. The first-order valence-corrected chi connectivity index (χ1v) is 6.31. The molecule has 1 atom stereocenters. The Hall–Kier alpha value is -2.14. The Balaban J connectivity index is 2.12. The maximum atomic E-state index is 5.80. The Morgan fingerprint density at radius 2 is 2.05 bits per heavy atom. The lowest BCUT2D eigenvalue weighted by atomic mass is 10.1. The van der Waals surface area contributed by atoms with Crippen LogP contribution in [0.3, 0.4) is 0 Å². The second-order valence-corrected chi connectivity index (χ2v) is 3.99. The molecule has 100 valence electrons. The van der Waals surface area contributed by atoms with Gasteiger partial charge in [-0.25, -0.2) is 4.98 Å². The maximum absolute atomic E-state index is 5.80. The van der Waals surface area contributed by atoms with Crippen molar-refractivity contribution >= 4 is 5.95 Å². The summed E-state index contributed by atoms with van der Waals surface area (Å²) >= 11 is 0. The third-order valence-electron chi connectivity index (χ3n) is 2.66. The summed E-state index contributed by atoms with van der Waals surface area (Å²) in [4.78, 5) is 8.45. The van der Waals surface area contributed by atoms with Crippen LogP contribution in [0.25, 0.3) is 0 Å². The van der Waals surface area contributed by atoms with Gasteiger partial charge in [-0.3, -0.25) is 0 Å². The summed E-state index contributed by atoms with van der Waals surface area (Å²) in [6.45, 7) is 2.96. The van der Waals surface area contributed by atoms with Crippen molar-refractivity contribution in [2.45, 2.75) is 13.0 Å². The molecular weight excluding hydrogens is 240 g/mol. The highest BCUT2D eigenvalue weighted by Crippen LogP contribution is 2.17. The molecule has 1 heterocycles. The fourth-order valence-corrected chi connectivity index (χ4v) is 1.76. The fraction of sp³-hybridized carbons (Fsp3) is 0.286. The van der Waals surface area contributed by atoms with Crippen molar-refractivity contribution in [2.75, 3.05) is 18.5 Å². The first-order valence-electron chi connectivity index (χ1n) is 6.31. The molecule has 0 aliphatic heterocycles. The van der Waals surface area contributed by atoms with E-state index in [0.29, 0.717) is 25.0 Å². The van der Waals surface area contributed by atoms with Gasteiger partial charge in [0.25, 0.3) is 0 Å². The SMILES string of the molecule is CCOc1ccnc(NC(CN)c2ccccc2)n1. The van der Waals surface area contributed by atoms with Gasteiger partial charge < -0.3 is 15.8 Å². The van der Waals surface area contributed by atoms with E-state index in [4.69, 9.17) is 10.5 Å². The number of rotatable bonds is 6. The Labute approximate surface area is 112 Å². The second kappa shape index (κ2) is 6.70. The number of hydrogen-bond donors (Lipinski definition) is 2. The highest BCUT2D eigenvalue weighted by atomic mass is 16.5. The molecule has 0 saturated heterocycles. The second-order valence-electron chi connectivity index (χ2n) is 3.99. The van der Waals surface area contributed by atoms with Crippen LogP contribution in [0.1, 0.15) is 18.5 Å². The minimum absolute atomic E-state index is 0.0157. The molecule has 5 nitrogen and oxygen atoms in total. The van der Waals surface area contributed by atoms with Crippen LogP contribution in [0.15, 0.2) is 42.6 Å². The van der Waals surface area contributed by atoms with Crippen LogP contribution in [0.2, 0.25) is 0 Å². The van der Waals surface area contributed by atoms with E-state index in [0.717, 1.165) is 5.56 Å². The first kappa shape index (κ1) is 13.3. The summed E-state index contributed by atoms with van der Waals surface area (Å²) in [5, 5.41) is 3.22. The van der Waals surface area contributed by atoms with Gasteiger partial charge in [0.05, 0.1) is 12.6 Å². The molecule has 0 saturated carbocycles. The minimum Gasteiger partial charge on any atom is -0.478 e. The maximum Gasteiger partial charge on any atom is 0.226 e. The van der Waals surface area contributed by atoms with Crippen LogP contribution in [0, 0.1) is 0 Å². The lowest BCUT2D eigenvalue weighted by Crippen LogP contribution is -2.21. The van der Waals surface area contributed by atoms with Crippen molar-refractivity contribution in [1.82, 2.24) is 9.97 Å². The van der Waals surface area contributed by atoms with Gasteiger partial charge in [0.15, 0.2) is 0 Å². The summed E-state index contributed by atoms with van der Waals surface area (Å²) in [5.74, 6) is 1.08. The molecule has 1 unspecified atom stereocenters. The molecule has 1 aromatic heterocycles. The van der Waals surface area contributed by atoms with Crippen LogP contribution in [0.4, 0.5) is 5.95 Å². The van der Waals surface area contributed by atoms with Gasteiger partial charge in [0.2, 0.25) is 11.8 Å². The summed E-state index contributed by atoms with van der Waals surface area (Å²) in [6, 6.07) is 11.7. The Bertz CT molecular complexity index is 504. The lowest BCUT2D eigenvalue weighted by molar-refractivity contribution is 0.326. The van der Waals surface area contributed by atoms with Gasteiger partial charge in [-0.1, -0.05) is 30.3 Å². The van der Waals surface area contributed by atoms with E-state index in [9.17, 15) is 0 Å². The van der Waals surface area contributed by atoms with E-state index < -0.39 is 0 Å². The third kappa shape index (κ3) is 3.66. The van der Waals surface area contributed by atoms with Gasteiger partial charge in [0, 0.05) is 18.8 Å². The summed E-state index contributed by atoms with van der Waals surface area (Å²) in [6.07, 6.45) is 1.67. The lowest BCUT2D eigenvalue weighted by Gasteiger charge is -2.17. The molecule has 0 aliphatic rings.